The van der Waals surface area contributed by atoms with Crippen LogP contribution in [0.4, 0.5) is 0 Å². The minimum Gasteiger partial charge on any atom is -0.455 e. The van der Waals surface area contributed by atoms with Crippen LogP contribution in [0.25, 0.3) is 115 Å². The molecule has 0 saturated heterocycles. The number of thiophene rings is 1. The molecule has 12 aromatic rings. The van der Waals surface area contributed by atoms with Crippen molar-refractivity contribution in [1.29, 1.82) is 0 Å². The van der Waals surface area contributed by atoms with Gasteiger partial charge in [0, 0.05) is 48.1 Å². The Bertz CT molecular complexity index is 3420. The standard InChI is InChI=1S/C51H30N4OS/c1-3-14-31(15-4-1)49-52-50(32-16-5-2-6-17-32)54-51(53-49)39-23-11-22-38-46-34(20-13-27-44(46)56-47(38)39)33-28-29-45-40(30-33)37-21-12-26-43(48(37)57-45)55-41-24-9-7-18-35(41)36-19-8-10-25-42(36)55/h1-30H. The first-order valence-electron chi connectivity index (χ1n) is 19.0. The predicted octanol–water partition coefficient (Wildman–Crippen LogP) is 13.9. The van der Waals surface area contributed by atoms with E-state index in [1.54, 1.807) is 0 Å². The second-order valence-electron chi connectivity index (χ2n) is 14.3. The van der Waals surface area contributed by atoms with Crippen molar-refractivity contribution in [1.82, 2.24) is 19.5 Å². The molecule has 0 bridgehead atoms. The van der Waals surface area contributed by atoms with Gasteiger partial charge in [-0.25, -0.2) is 15.0 Å². The van der Waals surface area contributed by atoms with Crippen LogP contribution in [0.5, 0.6) is 0 Å². The highest BCUT2D eigenvalue weighted by Crippen LogP contribution is 2.44. The predicted molar refractivity (Wildman–Crippen MR) is 236 cm³/mol. The van der Waals surface area contributed by atoms with Gasteiger partial charge in [0.2, 0.25) is 0 Å². The molecule has 0 fully saturated rings. The third-order valence-corrected chi connectivity index (χ3v) is 12.3. The third kappa shape index (κ3) is 4.98. The zero-order valence-electron chi connectivity index (χ0n) is 30.4. The van der Waals surface area contributed by atoms with Crippen molar-refractivity contribution in [3.8, 4) is 51.0 Å². The molecule has 0 aliphatic carbocycles. The SMILES string of the molecule is c1ccc(-c2nc(-c3ccccc3)nc(-c3cccc4c3oc3cccc(-c5ccc6sc7c(-n8c9ccccc9c9ccccc98)cccc7c6c5)c34)n2)cc1. The quantitative estimate of drug-likeness (QED) is 0.176. The lowest BCUT2D eigenvalue weighted by molar-refractivity contribution is 0.669. The smallest absolute Gasteiger partial charge is 0.167 e. The summed E-state index contributed by atoms with van der Waals surface area (Å²) in [5.74, 6) is 1.80. The molecule has 0 saturated carbocycles. The number of fused-ring (bicyclic) bond motifs is 9. The summed E-state index contributed by atoms with van der Waals surface area (Å²) < 4.78 is 11.7. The van der Waals surface area contributed by atoms with Gasteiger partial charge >= 0.3 is 0 Å². The summed E-state index contributed by atoms with van der Waals surface area (Å²) in [7, 11) is 0. The van der Waals surface area contributed by atoms with Crippen molar-refractivity contribution < 1.29 is 4.42 Å². The second-order valence-corrected chi connectivity index (χ2v) is 15.4. The van der Waals surface area contributed by atoms with Gasteiger partial charge < -0.3 is 8.98 Å². The summed E-state index contributed by atoms with van der Waals surface area (Å²) in [6.07, 6.45) is 0. The van der Waals surface area contributed by atoms with Crippen LogP contribution in [0.1, 0.15) is 0 Å². The number of aromatic nitrogens is 4. The molecule has 12 rings (SSSR count). The molecule has 0 N–H and O–H groups in total. The van der Waals surface area contributed by atoms with E-state index in [0.717, 1.165) is 49.8 Å². The summed E-state index contributed by atoms with van der Waals surface area (Å²) in [6, 6.07) is 63.7. The topological polar surface area (TPSA) is 56.7 Å². The maximum atomic E-state index is 6.76. The molecular weight excluding hydrogens is 717 g/mol. The maximum absolute atomic E-state index is 6.76. The molecule has 5 nitrogen and oxygen atoms in total. The Labute approximate surface area is 330 Å². The first-order chi connectivity index (χ1) is 28.3. The Morgan fingerprint density at radius 3 is 1.72 bits per heavy atom. The van der Waals surface area contributed by atoms with Crippen molar-refractivity contribution in [2.75, 3.05) is 0 Å². The normalized spacial score (nSPS) is 11.9. The Kier molecular flexibility index (Phi) is 7.03. The van der Waals surface area contributed by atoms with Gasteiger partial charge in [-0.15, -0.1) is 11.3 Å². The summed E-state index contributed by atoms with van der Waals surface area (Å²) in [4.78, 5) is 15.0. The van der Waals surface area contributed by atoms with Gasteiger partial charge in [0.05, 0.1) is 27.0 Å². The highest BCUT2D eigenvalue weighted by Gasteiger charge is 2.21. The summed E-state index contributed by atoms with van der Waals surface area (Å²) >= 11 is 1.86. The monoisotopic (exact) mass is 746 g/mol. The molecule has 6 heteroatoms. The molecule has 8 aromatic carbocycles. The van der Waals surface area contributed by atoms with Crippen LogP contribution in [0, 0.1) is 0 Å². The Balaban J connectivity index is 1.03. The van der Waals surface area contributed by atoms with Crippen LogP contribution in [0.3, 0.4) is 0 Å². The average molecular weight is 747 g/mol. The van der Waals surface area contributed by atoms with Crippen molar-refractivity contribution in [3.05, 3.63) is 182 Å². The summed E-state index contributed by atoms with van der Waals surface area (Å²) in [6.45, 7) is 0. The highest BCUT2D eigenvalue weighted by atomic mass is 32.1. The van der Waals surface area contributed by atoms with Crippen LogP contribution in [-0.2, 0) is 0 Å². The van der Waals surface area contributed by atoms with E-state index in [0.29, 0.717) is 17.5 Å². The number of furan rings is 1. The van der Waals surface area contributed by atoms with E-state index >= 15 is 0 Å². The Morgan fingerprint density at radius 2 is 1.00 bits per heavy atom. The fourth-order valence-electron chi connectivity index (χ4n) is 8.50. The zero-order chi connectivity index (χ0) is 37.5. The lowest BCUT2D eigenvalue weighted by atomic mass is 9.97. The van der Waals surface area contributed by atoms with Crippen molar-refractivity contribution in [3.63, 3.8) is 0 Å². The van der Waals surface area contributed by atoms with Gasteiger partial charge in [-0.2, -0.15) is 0 Å². The van der Waals surface area contributed by atoms with Crippen molar-refractivity contribution in [2.45, 2.75) is 0 Å². The fourth-order valence-corrected chi connectivity index (χ4v) is 9.69. The minimum absolute atomic E-state index is 0.569. The van der Waals surface area contributed by atoms with Gasteiger partial charge in [-0.05, 0) is 53.6 Å². The molecule has 0 aliphatic rings. The zero-order valence-corrected chi connectivity index (χ0v) is 31.2. The molecule has 0 atom stereocenters. The molecule has 57 heavy (non-hydrogen) atoms. The van der Waals surface area contributed by atoms with Gasteiger partial charge in [0.1, 0.15) is 11.2 Å². The van der Waals surface area contributed by atoms with E-state index in [4.69, 9.17) is 19.4 Å². The Morgan fingerprint density at radius 1 is 0.421 bits per heavy atom. The van der Waals surface area contributed by atoms with Crippen LogP contribution in [0.2, 0.25) is 0 Å². The number of para-hydroxylation sites is 3. The lowest BCUT2D eigenvalue weighted by Gasteiger charge is -2.09. The van der Waals surface area contributed by atoms with Crippen LogP contribution < -0.4 is 0 Å². The highest BCUT2D eigenvalue weighted by molar-refractivity contribution is 7.26. The first kappa shape index (κ1) is 31.9. The maximum Gasteiger partial charge on any atom is 0.167 e. The number of nitrogens with zero attached hydrogens (tertiary/aromatic N) is 4. The number of benzene rings is 8. The fraction of sp³-hybridized carbons (Fsp3) is 0. The van der Waals surface area contributed by atoms with E-state index in [9.17, 15) is 0 Å². The van der Waals surface area contributed by atoms with Gasteiger partial charge in [0.15, 0.2) is 17.5 Å². The number of hydrogen-bond acceptors (Lipinski definition) is 5. The van der Waals surface area contributed by atoms with Crippen molar-refractivity contribution >= 4 is 75.3 Å². The number of rotatable bonds is 5. The van der Waals surface area contributed by atoms with Crippen LogP contribution in [-0.4, -0.2) is 19.5 Å². The molecule has 4 aromatic heterocycles. The Hall–Kier alpha value is -7.41. The van der Waals surface area contributed by atoms with E-state index in [1.165, 1.54) is 47.7 Å². The molecule has 266 valence electrons. The first-order valence-corrected chi connectivity index (χ1v) is 19.8. The van der Waals surface area contributed by atoms with Crippen LogP contribution in [0.15, 0.2) is 186 Å². The molecule has 0 radical (unpaired) electrons. The molecule has 0 aliphatic heterocycles. The summed E-state index contributed by atoms with van der Waals surface area (Å²) in [5, 5.41) is 7.11. The van der Waals surface area contributed by atoms with Gasteiger partial charge in [-0.1, -0.05) is 140 Å². The summed E-state index contributed by atoms with van der Waals surface area (Å²) in [5.41, 5.74) is 10.1. The molecular formula is C51H30N4OS. The third-order valence-electron chi connectivity index (χ3n) is 11.1. The minimum atomic E-state index is 0.569. The van der Waals surface area contributed by atoms with E-state index in [2.05, 4.69) is 120 Å². The van der Waals surface area contributed by atoms with E-state index in [1.807, 2.05) is 78.1 Å². The molecule has 4 heterocycles. The lowest BCUT2D eigenvalue weighted by Crippen LogP contribution is -2.00. The van der Waals surface area contributed by atoms with E-state index < -0.39 is 0 Å². The van der Waals surface area contributed by atoms with Gasteiger partial charge in [0.25, 0.3) is 0 Å². The van der Waals surface area contributed by atoms with Crippen molar-refractivity contribution in [2.24, 2.45) is 0 Å². The molecule has 0 unspecified atom stereocenters. The van der Waals surface area contributed by atoms with E-state index in [-0.39, 0.29) is 0 Å². The molecule has 0 amide bonds. The molecule has 0 spiro atoms. The van der Waals surface area contributed by atoms with Crippen LogP contribution >= 0.6 is 11.3 Å². The second kappa shape index (κ2) is 12.6. The van der Waals surface area contributed by atoms with Gasteiger partial charge in [-0.3, -0.25) is 0 Å². The largest absolute Gasteiger partial charge is 0.455 e. The average Bonchev–Trinajstić information content (AvgIpc) is 3.96. The number of hydrogen-bond donors (Lipinski definition) is 0.